The highest BCUT2D eigenvalue weighted by atomic mass is 32.2. The van der Waals surface area contributed by atoms with Gasteiger partial charge in [0.1, 0.15) is 12.4 Å². The lowest BCUT2D eigenvalue weighted by molar-refractivity contribution is -0.119. The summed E-state index contributed by atoms with van der Waals surface area (Å²) in [5.41, 5.74) is 5.25. The monoisotopic (exact) mass is 347 g/mol. The van der Waals surface area contributed by atoms with E-state index in [1.54, 1.807) is 12.3 Å². The number of fused-ring (bicyclic) bond motifs is 1. The van der Waals surface area contributed by atoms with Crippen molar-refractivity contribution in [3.8, 4) is 11.6 Å². The Bertz CT molecular complexity index is 796. The Labute approximate surface area is 142 Å². The molecular weight excluding hydrogens is 330 g/mol. The lowest BCUT2D eigenvalue weighted by atomic mass is 10.1. The number of thioether (sulfide) groups is 1. The van der Waals surface area contributed by atoms with Gasteiger partial charge in [-0.2, -0.15) is 0 Å². The molecule has 0 aliphatic carbocycles. The highest BCUT2D eigenvalue weighted by Gasteiger charge is 2.21. The molecule has 0 unspecified atom stereocenters. The maximum absolute atomic E-state index is 11.2. The third-order valence-corrected chi connectivity index (χ3v) is 4.47. The van der Waals surface area contributed by atoms with Gasteiger partial charge in [-0.15, -0.1) is 0 Å². The van der Waals surface area contributed by atoms with Crippen molar-refractivity contribution in [2.75, 3.05) is 13.7 Å². The van der Waals surface area contributed by atoms with Crippen LogP contribution >= 0.6 is 11.8 Å². The number of aromatic nitrogens is 1. The van der Waals surface area contributed by atoms with E-state index >= 15 is 0 Å². The SMILES string of the molecule is COc1cc2c(OC[C@@H]3CCC(=O)N3)nccc2cc1SC(N)=O. The molecular formula is C16H17N3O4S. The van der Waals surface area contributed by atoms with Gasteiger partial charge in [0.05, 0.1) is 18.0 Å². The number of carbonyl (C=O) groups excluding carboxylic acids is 2. The van der Waals surface area contributed by atoms with Crippen molar-refractivity contribution < 1.29 is 19.1 Å². The maximum Gasteiger partial charge on any atom is 0.281 e. The van der Waals surface area contributed by atoms with E-state index in [-0.39, 0.29) is 11.9 Å². The fraction of sp³-hybridized carbons (Fsp3) is 0.312. The van der Waals surface area contributed by atoms with Crippen LogP contribution < -0.4 is 20.5 Å². The maximum atomic E-state index is 11.2. The minimum atomic E-state index is -0.504. The molecule has 1 atom stereocenters. The van der Waals surface area contributed by atoms with E-state index in [0.29, 0.717) is 29.6 Å². The Hall–Kier alpha value is -2.48. The number of nitrogens with zero attached hydrogens (tertiary/aromatic N) is 1. The molecule has 2 amide bonds. The molecule has 0 bridgehead atoms. The average Bonchev–Trinajstić information content (AvgIpc) is 2.97. The van der Waals surface area contributed by atoms with Crippen molar-refractivity contribution in [1.29, 1.82) is 0 Å². The van der Waals surface area contributed by atoms with Crippen LogP contribution in [0, 0.1) is 0 Å². The average molecular weight is 347 g/mol. The van der Waals surface area contributed by atoms with Crippen molar-refractivity contribution in [3.63, 3.8) is 0 Å². The summed E-state index contributed by atoms with van der Waals surface area (Å²) in [5, 5.41) is 3.98. The summed E-state index contributed by atoms with van der Waals surface area (Å²) in [6.07, 6.45) is 2.92. The van der Waals surface area contributed by atoms with Gasteiger partial charge < -0.3 is 20.5 Å². The van der Waals surface area contributed by atoms with Crippen LogP contribution in [0.15, 0.2) is 29.3 Å². The first-order chi connectivity index (χ1) is 11.6. The van der Waals surface area contributed by atoms with Crippen LogP contribution in [0.5, 0.6) is 11.6 Å². The minimum absolute atomic E-state index is 0.00106. The number of benzene rings is 1. The molecule has 3 rings (SSSR count). The second-order valence-corrected chi connectivity index (χ2v) is 6.42. The number of nitrogens with one attached hydrogen (secondary N) is 1. The Balaban J connectivity index is 1.88. The number of nitrogens with two attached hydrogens (primary N) is 1. The number of carbonyl (C=O) groups is 2. The van der Waals surface area contributed by atoms with E-state index in [1.807, 2.05) is 12.1 Å². The highest BCUT2D eigenvalue weighted by molar-refractivity contribution is 8.13. The van der Waals surface area contributed by atoms with Crippen molar-refractivity contribution in [2.45, 2.75) is 23.8 Å². The first-order valence-electron chi connectivity index (χ1n) is 7.43. The van der Waals surface area contributed by atoms with Gasteiger partial charge >= 0.3 is 0 Å². The molecule has 0 radical (unpaired) electrons. The number of ether oxygens (including phenoxy) is 2. The molecule has 126 valence electrons. The Morgan fingerprint density at radius 3 is 3.00 bits per heavy atom. The molecule has 0 spiro atoms. The molecule has 3 N–H and O–H groups in total. The molecule has 1 aliphatic heterocycles. The quantitative estimate of drug-likeness (QED) is 0.803. The summed E-state index contributed by atoms with van der Waals surface area (Å²) in [4.78, 5) is 27.3. The predicted molar refractivity (Wildman–Crippen MR) is 90.4 cm³/mol. The van der Waals surface area contributed by atoms with Gasteiger partial charge in [0.15, 0.2) is 0 Å². The van der Waals surface area contributed by atoms with Crippen LogP contribution in [-0.4, -0.2) is 35.9 Å². The molecule has 2 aromatic rings. The third-order valence-electron chi connectivity index (χ3n) is 3.73. The van der Waals surface area contributed by atoms with Crippen LogP contribution in [-0.2, 0) is 4.79 Å². The van der Waals surface area contributed by atoms with Crippen LogP contribution in [0.1, 0.15) is 12.8 Å². The highest BCUT2D eigenvalue weighted by Crippen LogP contribution is 2.36. The van der Waals surface area contributed by atoms with E-state index in [4.69, 9.17) is 15.2 Å². The number of primary amides is 1. The molecule has 24 heavy (non-hydrogen) atoms. The van der Waals surface area contributed by atoms with Crippen LogP contribution in [0.2, 0.25) is 0 Å². The molecule has 7 nitrogen and oxygen atoms in total. The van der Waals surface area contributed by atoms with Gasteiger partial charge in [-0.3, -0.25) is 9.59 Å². The molecule has 2 heterocycles. The molecule has 1 fully saturated rings. The first-order valence-corrected chi connectivity index (χ1v) is 8.24. The largest absolute Gasteiger partial charge is 0.496 e. The van der Waals surface area contributed by atoms with Gasteiger partial charge in [-0.05, 0) is 41.8 Å². The lowest BCUT2D eigenvalue weighted by Gasteiger charge is -2.14. The van der Waals surface area contributed by atoms with Gasteiger partial charge in [0, 0.05) is 18.0 Å². The molecule has 1 saturated heterocycles. The van der Waals surface area contributed by atoms with E-state index in [2.05, 4.69) is 10.3 Å². The minimum Gasteiger partial charge on any atom is -0.496 e. The van der Waals surface area contributed by atoms with Gasteiger partial charge in [-0.1, -0.05) is 0 Å². The zero-order valence-electron chi connectivity index (χ0n) is 13.1. The van der Waals surface area contributed by atoms with Gasteiger partial charge in [-0.25, -0.2) is 4.98 Å². The second kappa shape index (κ2) is 6.96. The lowest BCUT2D eigenvalue weighted by Crippen LogP contribution is -2.31. The first kappa shape index (κ1) is 16.4. The van der Waals surface area contributed by atoms with Crippen LogP contribution in [0.4, 0.5) is 4.79 Å². The number of amides is 2. The van der Waals surface area contributed by atoms with Crippen molar-refractivity contribution in [3.05, 3.63) is 24.4 Å². The Morgan fingerprint density at radius 2 is 2.33 bits per heavy atom. The summed E-state index contributed by atoms with van der Waals surface area (Å²) in [6.45, 7) is 0.359. The standard InChI is InChI=1S/C16H17N3O4S/c1-22-12-7-11-9(6-13(12)24-16(17)21)4-5-18-15(11)23-8-10-2-3-14(20)19-10/h4-7,10H,2-3,8H2,1H3,(H2,17,21)(H,19,20)/t10-/m0/s1. The number of hydrogen-bond acceptors (Lipinski definition) is 6. The zero-order chi connectivity index (χ0) is 17.1. The fourth-order valence-corrected chi connectivity index (χ4v) is 3.24. The van der Waals surface area contributed by atoms with Crippen molar-refractivity contribution >= 4 is 33.7 Å². The summed E-state index contributed by atoms with van der Waals surface area (Å²) < 4.78 is 11.1. The zero-order valence-corrected chi connectivity index (χ0v) is 13.9. The van der Waals surface area contributed by atoms with Crippen molar-refractivity contribution in [1.82, 2.24) is 10.3 Å². The molecule has 1 aromatic heterocycles. The van der Waals surface area contributed by atoms with Gasteiger partial charge in [0.25, 0.3) is 5.24 Å². The van der Waals surface area contributed by atoms with Gasteiger partial charge in [0.2, 0.25) is 11.8 Å². The van der Waals surface area contributed by atoms with E-state index in [9.17, 15) is 9.59 Å². The van der Waals surface area contributed by atoms with Crippen LogP contribution in [0.25, 0.3) is 10.8 Å². The molecule has 1 aliphatic rings. The second-order valence-electron chi connectivity index (χ2n) is 5.38. The van der Waals surface area contributed by atoms with E-state index < -0.39 is 5.24 Å². The number of hydrogen-bond donors (Lipinski definition) is 2. The van der Waals surface area contributed by atoms with E-state index in [0.717, 1.165) is 29.0 Å². The third kappa shape index (κ3) is 3.53. The summed E-state index contributed by atoms with van der Waals surface area (Å²) in [6, 6.07) is 5.41. The fourth-order valence-electron chi connectivity index (χ4n) is 2.60. The molecule has 0 saturated carbocycles. The summed E-state index contributed by atoms with van der Waals surface area (Å²) in [7, 11) is 1.52. The Morgan fingerprint density at radius 1 is 1.50 bits per heavy atom. The summed E-state index contributed by atoms with van der Waals surface area (Å²) in [5.74, 6) is 1.03. The van der Waals surface area contributed by atoms with Crippen molar-refractivity contribution in [2.24, 2.45) is 5.73 Å². The summed E-state index contributed by atoms with van der Waals surface area (Å²) >= 11 is 0.909. The van der Waals surface area contributed by atoms with E-state index in [1.165, 1.54) is 7.11 Å². The molecule has 1 aromatic carbocycles. The smallest absolute Gasteiger partial charge is 0.281 e. The predicted octanol–water partition coefficient (Wildman–Crippen LogP) is 2.07. The normalized spacial score (nSPS) is 16.9. The number of methoxy groups -OCH3 is 1. The van der Waals surface area contributed by atoms with Crippen LogP contribution in [0.3, 0.4) is 0 Å². The topological polar surface area (TPSA) is 104 Å². The number of rotatable bonds is 5. The molecule has 8 heteroatoms. The Kier molecular flexibility index (Phi) is 4.75. The number of pyridine rings is 1.